The van der Waals surface area contributed by atoms with Gasteiger partial charge in [-0.25, -0.2) is 9.78 Å². The molecule has 3 aromatic rings. The van der Waals surface area contributed by atoms with E-state index in [2.05, 4.69) is 32.6 Å². The summed E-state index contributed by atoms with van der Waals surface area (Å²) in [7, 11) is 0. The predicted octanol–water partition coefficient (Wildman–Crippen LogP) is 4.64. The molecule has 4 rings (SSSR count). The molecule has 2 amide bonds. The number of nitrogens with zero attached hydrogens (tertiary/aromatic N) is 3. The fourth-order valence-electron chi connectivity index (χ4n) is 4.08. The average molecular weight is 478 g/mol. The number of hydrogen-bond acceptors (Lipinski definition) is 4. The van der Waals surface area contributed by atoms with Gasteiger partial charge < -0.3 is 15.7 Å². The number of aryl methyl sites for hydroxylation is 1. The van der Waals surface area contributed by atoms with Crippen LogP contribution in [0.15, 0.2) is 48.8 Å². The van der Waals surface area contributed by atoms with Gasteiger partial charge in [-0.3, -0.25) is 9.48 Å². The molecule has 34 heavy (non-hydrogen) atoms. The molecule has 1 fully saturated rings. The third-order valence-electron chi connectivity index (χ3n) is 5.77. The summed E-state index contributed by atoms with van der Waals surface area (Å²) in [5.41, 5.74) is 2.70. The number of hydrogen-bond donors (Lipinski definition) is 3. The van der Waals surface area contributed by atoms with Gasteiger partial charge in [-0.2, -0.15) is 5.10 Å². The highest BCUT2D eigenvalue weighted by atomic mass is 35.5. The van der Waals surface area contributed by atoms with Gasteiger partial charge in [0.15, 0.2) is 0 Å². The molecule has 0 unspecified atom stereocenters. The van der Waals surface area contributed by atoms with Crippen LogP contribution in [-0.4, -0.2) is 37.9 Å². The first-order chi connectivity index (χ1) is 16.4. The molecule has 2 heterocycles. The SMILES string of the molecule is Cc1cc(C#Cc2ccccc2)cnc1NC(=O)c1c(Cl)cnn1C1CCC(NC(=O)O)CC1. The zero-order valence-corrected chi connectivity index (χ0v) is 19.3. The van der Waals surface area contributed by atoms with Crippen LogP contribution in [0.2, 0.25) is 5.02 Å². The molecule has 1 aromatic carbocycles. The summed E-state index contributed by atoms with van der Waals surface area (Å²) in [6.07, 6.45) is 4.77. The van der Waals surface area contributed by atoms with Crippen LogP contribution >= 0.6 is 11.6 Å². The van der Waals surface area contributed by atoms with Crippen LogP contribution in [0.3, 0.4) is 0 Å². The molecule has 8 nitrogen and oxygen atoms in total. The van der Waals surface area contributed by atoms with Crippen molar-refractivity contribution in [2.45, 2.75) is 44.7 Å². The van der Waals surface area contributed by atoms with Crippen LogP contribution in [0.4, 0.5) is 10.6 Å². The second-order valence-corrected chi connectivity index (χ2v) is 8.61. The van der Waals surface area contributed by atoms with Gasteiger partial charge in [0.25, 0.3) is 5.91 Å². The van der Waals surface area contributed by atoms with E-state index in [1.807, 2.05) is 43.3 Å². The molecule has 0 radical (unpaired) electrons. The number of rotatable bonds is 4. The molecular weight excluding hydrogens is 454 g/mol. The number of pyridine rings is 1. The number of halogens is 1. The minimum absolute atomic E-state index is 0.0372. The lowest BCUT2D eigenvalue weighted by atomic mass is 9.91. The van der Waals surface area contributed by atoms with Gasteiger partial charge in [-0.15, -0.1) is 0 Å². The number of nitrogens with one attached hydrogen (secondary N) is 2. The highest BCUT2D eigenvalue weighted by molar-refractivity contribution is 6.34. The van der Waals surface area contributed by atoms with Crippen molar-refractivity contribution in [2.75, 3.05) is 5.32 Å². The van der Waals surface area contributed by atoms with Crippen molar-refractivity contribution in [1.29, 1.82) is 0 Å². The summed E-state index contributed by atoms with van der Waals surface area (Å²) in [6, 6.07) is 11.4. The summed E-state index contributed by atoms with van der Waals surface area (Å²) in [4.78, 5) is 28.4. The number of anilines is 1. The van der Waals surface area contributed by atoms with E-state index in [0.717, 1.165) is 16.7 Å². The van der Waals surface area contributed by atoms with Crippen molar-refractivity contribution in [3.05, 3.63) is 76.2 Å². The van der Waals surface area contributed by atoms with E-state index in [-0.39, 0.29) is 22.8 Å². The van der Waals surface area contributed by atoms with Crippen LogP contribution in [0.25, 0.3) is 0 Å². The van der Waals surface area contributed by atoms with E-state index < -0.39 is 12.0 Å². The zero-order valence-electron chi connectivity index (χ0n) is 18.6. The van der Waals surface area contributed by atoms with E-state index in [1.165, 1.54) is 6.20 Å². The fourth-order valence-corrected chi connectivity index (χ4v) is 4.29. The number of aromatic nitrogens is 3. The lowest BCUT2D eigenvalue weighted by Gasteiger charge is -2.29. The van der Waals surface area contributed by atoms with E-state index in [4.69, 9.17) is 16.7 Å². The maximum atomic E-state index is 13.1. The van der Waals surface area contributed by atoms with Crippen LogP contribution in [-0.2, 0) is 0 Å². The highest BCUT2D eigenvalue weighted by Crippen LogP contribution is 2.31. The van der Waals surface area contributed by atoms with Crippen LogP contribution in [0.1, 0.15) is 58.9 Å². The smallest absolute Gasteiger partial charge is 0.404 e. The maximum Gasteiger partial charge on any atom is 0.404 e. The third kappa shape index (κ3) is 5.56. The predicted molar refractivity (Wildman–Crippen MR) is 129 cm³/mol. The minimum Gasteiger partial charge on any atom is -0.465 e. The lowest BCUT2D eigenvalue weighted by Crippen LogP contribution is -2.37. The quantitative estimate of drug-likeness (QED) is 0.474. The van der Waals surface area contributed by atoms with Gasteiger partial charge in [-0.05, 0) is 56.4 Å². The van der Waals surface area contributed by atoms with E-state index >= 15 is 0 Å². The summed E-state index contributed by atoms with van der Waals surface area (Å²) < 4.78 is 1.64. The van der Waals surface area contributed by atoms with Gasteiger partial charge in [0, 0.05) is 23.4 Å². The molecule has 0 aliphatic heterocycles. The molecule has 0 spiro atoms. The molecule has 3 N–H and O–H groups in total. The second kappa shape index (κ2) is 10.4. The van der Waals surface area contributed by atoms with Gasteiger partial charge in [0.1, 0.15) is 11.5 Å². The Balaban J connectivity index is 1.46. The molecule has 0 saturated heterocycles. The summed E-state index contributed by atoms with van der Waals surface area (Å²) in [5.74, 6) is 6.20. The Kier molecular flexibility index (Phi) is 7.14. The largest absolute Gasteiger partial charge is 0.465 e. The molecule has 174 valence electrons. The Labute approximate surface area is 202 Å². The molecule has 2 aromatic heterocycles. The summed E-state index contributed by atoms with van der Waals surface area (Å²) in [6.45, 7) is 1.85. The number of carboxylic acid groups (broad SMARTS) is 1. The van der Waals surface area contributed by atoms with Gasteiger partial charge in [0.05, 0.1) is 17.3 Å². The van der Waals surface area contributed by atoms with E-state index in [1.54, 1.807) is 10.9 Å². The molecule has 9 heteroatoms. The molecular formula is C25H24ClN5O3. The normalized spacial score (nSPS) is 17.4. The Bertz CT molecular complexity index is 1250. The number of amides is 2. The van der Waals surface area contributed by atoms with Crippen molar-refractivity contribution >= 4 is 29.4 Å². The van der Waals surface area contributed by atoms with Crippen LogP contribution in [0.5, 0.6) is 0 Å². The van der Waals surface area contributed by atoms with Crippen LogP contribution < -0.4 is 10.6 Å². The average Bonchev–Trinajstić information content (AvgIpc) is 3.21. The monoisotopic (exact) mass is 477 g/mol. The van der Waals surface area contributed by atoms with Gasteiger partial charge in [-0.1, -0.05) is 41.6 Å². The maximum absolute atomic E-state index is 13.1. The second-order valence-electron chi connectivity index (χ2n) is 8.20. The number of carbonyl (C=O) groups is 2. The fraction of sp³-hybridized carbons (Fsp3) is 0.280. The Morgan fingerprint density at radius 2 is 1.79 bits per heavy atom. The van der Waals surface area contributed by atoms with Crippen molar-refractivity contribution in [2.24, 2.45) is 0 Å². The first-order valence-corrected chi connectivity index (χ1v) is 11.4. The topological polar surface area (TPSA) is 109 Å². The van der Waals surface area contributed by atoms with E-state index in [9.17, 15) is 9.59 Å². The summed E-state index contributed by atoms with van der Waals surface area (Å²) >= 11 is 6.31. The minimum atomic E-state index is -1.02. The molecule has 0 atom stereocenters. The first kappa shape index (κ1) is 23.3. The van der Waals surface area contributed by atoms with Gasteiger partial charge in [0.2, 0.25) is 0 Å². The number of carbonyl (C=O) groups excluding carboxylic acids is 1. The Hall–Kier alpha value is -3.83. The Morgan fingerprint density at radius 3 is 2.47 bits per heavy atom. The van der Waals surface area contributed by atoms with Crippen molar-refractivity contribution in [1.82, 2.24) is 20.1 Å². The highest BCUT2D eigenvalue weighted by Gasteiger charge is 2.28. The molecule has 1 saturated carbocycles. The molecule has 1 aliphatic rings. The first-order valence-electron chi connectivity index (χ1n) is 11.0. The standard InChI is InChI=1S/C25H24ClN5O3/c1-16-13-18(8-7-17-5-3-2-4-6-17)14-27-23(16)30-24(32)22-21(26)15-28-31(22)20-11-9-19(10-12-20)29-25(33)34/h2-6,13-15,19-20,29H,9-12H2,1H3,(H,33,34)(H,27,30,32). The van der Waals surface area contributed by atoms with E-state index in [0.29, 0.717) is 31.5 Å². The Morgan fingerprint density at radius 1 is 1.09 bits per heavy atom. The third-order valence-corrected chi connectivity index (χ3v) is 6.05. The lowest BCUT2D eigenvalue weighted by molar-refractivity contribution is 0.101. The van der Waals surface area contributed by atoms with Crippen molar-refractivity contribution in [3.63, 3.8) is 0 Å². The van der Waals surface area contributed by atoms with Crippen LogP contribution in [0, 0.1) is 18.8 Å². The van der Waals surface area contributed by atoms with Gasteiger partial charge >= 0.3 is 6.09 Å². The molecule has 0 bridgehead atoms. The van der Waals surface area contributed by atoms with Crippen molar-refractivity contribution < 1.29 is 14.7 Å². The number of benzene rings is 1. The summed E-state index contributed by atoms with van der Waals surface area (Å²) in [5, 5.41) is 18.9. The molecule has 1 aliphatic carbocycles. The van der Waals surface area contributed by atoms with Crippen molar-refractivity contribution in [3.8, 4) is 11.8 Å². The zero-order chi connectivity index (χ0) is 24.1.